The van der Waals surface area contributed by atoms with Gasteiger partial charge in [0.2, 0.25) is 0 Å². The third kappa shape index (κ3) is 4.29. The summed E-state index contributed by atoms with van der Waals surface area (Å²) in [4.78, 5) is 12.4. The lowest BCUT2D eigenvalue weighted by Crippen LogP contribution is -2.44. The number of ether oxygens (including phenoxy) is 1. The largest absolute Gasteiger partial charge is 0.468 e. The number of benzene rings is 1. The molecular formula is C17H27NO3. The number of nitrogens with two attached hydrogens (primary N) is 1. The quantitative estimate of drug-likeness (QED) is 0.541. The Morgan fingerprint density at radius 3 is 2.48 bits per heavy atom. The van der Waals surface area contributed by atoms with Gasteiger partial charge in [0.1, 0.15) is 5.41 Å². The molecule has 0 aromatic heterocycles. The van der Waals surface area contributed by atoms with Crippen LogP contribution in [-0.2, 0) is 14.9 Å². The summed E-state index contributed by atoms with van der Waals surface area (Å²) in [6.45, 7) is 2.45. The molecule has 21 heavy (non-hydrogen) atoms. The summed E-state index contributed by atoms with van der Waals surface area (Å²) >= 11 is 0. The molecule has 0 saturated carbocycles. The lowest BCUT2D eigenvalue weighted by atomic mass is 9.74. The maximum absolute atomic E-state index is 12.4. The molecule has 0 aliphatic rings. The van der Waals surface area contributed by atoms with Crippen LogP contribution >= 0.6 is 0 Å². The second kappa shape index (κ2) is 8.80. The topological polar surface area (TPSA) is 72.5 Å². The first-order chi connectivity index (χ1) is 10.1. The van der Waals surface area contributed by atoms with Crippen molar-refractivity contribution in [2.75, 3.05) is 20.3 Å². The van der Waals surface area contributed by atoms with Crippen LogP contribution in [0.5, 0.6) is 0 Å². The SMILES string of the molecule is COC(=O)C(CN)(CCCCCCO)c1ccccc1C. The zero-order chi connectivity index (χ0) is 15.7. The van der Waals surface area contributed by atoms with Crippen molar-refractivity contribution in [2.45, 2.75) is 44.4 Å². The Labute approximate surface area is 127 Å². The highest BCUT2D eigenvalue weighted by Crippen LogP contribution is 2.33. The number of carbonyl (C=O) groups is 1. The minimum Gasteiger partial charge on any atom is -0.468 e. The number of aliphatic hydroxyl groups is 1. The summed E-state index contributed by atoms with van der Waals surface area (Å²) in [5.74, 6) is -0.263. The van der Waals surface area contributed by atoms with Crippen LogP contribution in [0.4, 0.5) is 0 Å². The zero-order valence-corrected chi connectivity index (χ0v) is 13.1. The molecule has 1 aromatic carbocycles. The van der Waals surface area contributed by atoms with E-state index < -0.39 is 5.41 Å². The van der Waals surface area contributed by atoms with Crippen LogP contribution in [0.25, 0.3) is 0 Å². The smallest absolute Gasteiger partial charge is 0.317 e. The van der Waals surface area contributed by atoms with E-state index in [1.54, 1.807) is 0 Å². The summed E-state index contributed by atoms with van der Waals surface area (Å²) in [6.07, 6.45) is 4.31. The Morgan fingerprint density at radius 2 is 1.90 bits per heavy atom. The molecule has 1 rings (SSSR count). The molecule has 0 aliphatic heterocycles. The number of esters is 1. The molecule has 0 fully saturated rings. The molecule has 1 atom stereocenters. The van der Waals surface area contributed by atoms with Crippen molar-refractivity contribution in [3.63, 3.8) is 0 Å². The van der Waals surface area contributed by atoms with Crippen molar-refractivity contribution in [1.82, 2.24) is 0 Å². The number of rotatable bonds is 9. The Morgan fingerprint density at radius 1 is 1.24 bits per heavy atom. The van der Waals surface area contributed by atoms with Gasteiger partial charge < -0.3 is 15.6 Å². The minimum absolute atomic E-state index is 0.219. The standard InChI is InChI=1S/C17H27NO3/c1-14-9-5-6-10-15(14)17(13-18,16(20)21-2)11-7-3-4-8-12-19/h5-6,9-10,19H,3-4,7-8,11-13,18H2,1-2H3. The maximum atomic E-state index is 12.4. The highest BCUT2D eigenvalue weighted by Gasteiger charge is 2.40. The van der Waals surface area contributed by atoms with Gasteiger partial charge in [-0.15, -0.1) is 0 Å². The number of aryl methyl sites for hydroxylation is 1. The van der Waals surface area contributed by atoms with Crippen LogP contribution < -0.4 is 5.73 Å². The summed E-state index contributed by atoms with van der Waals surface area (Å²) in [5.41, 5.74) is 7.24. The minimum atomic E-state index is -0.765. The number of carbonyl (C=O) groups excluding carboxylic acids is 1. The average Bonchev–Trinajstić information content (AvgIpc) is 2.51. The highest BCUT2D eigenvalue weighted by atomic mass is 16.5. The van der Waals surface area contributed by atoms with Crippen LogP contribution in [0.3, 0.4) is 0 Å². The molecule has 1 aromatic rings. The Bertz CT molecular complexity index is 447. The molecule has 0 amide bonds. The molecule has 0 bridgehead atoms. The van der Waals surface area contributed by atoms with Gasteiger partial charge in [-0.1, -0.05) is 43.5 Å². The van der Waals surface area contributed by atoms with Crippen molar-refractivity contribution < 1.29 is 14.6 Å². The van der Waals surface area contributed by atoms with Gasteiger partial charge >= 0.3 is 5.97 Å². The second-order valence-electron chi connectivity index (χ2n) is 5.48. The number of aliphatic hydroxyl groups excluding tert-OH is 1. The second-order valence-corrected chi connectivity index (χ2v) is 5.48. The molecule has 118 valence electrons. The number of methoxy groups -OCH3 is 1. The summed E-state index contributed by atoms with van der Waals surface area (Å²) in [5, 5.41) is 8.82. The van der Waals surface area contributed by atoms with Gasteiger partial charge in [0, 0.05) is 13.2 Å². The monoisotopic (exact) mass is 293 g/mol. The zero-order valence-electron chi connectivity index (χ0n) is 13.1. The van der Waals surface area contributed by atoms with Gasteiger partial charge in [0.05, 0.1) is 7.11 Å². The first-order valence-corrected chi connectivity index (χ1v) is 7.58. The van der Waals surface area contributed by atoms with Gasteiger partial charge in [-0.2, -0.15) is 0 Å². The Kier molecular flexibility index (Phi) is 7.40. The Hall–Kier alpha value is -1.39. The van der Waals surface area contributed by atoms with Gasteiger partial charge in [0.15, 0.2) is 0 Å². The molecule has 0 aliphatic carbocycles. The van der Waals surface area contributed by atoms with Crippen molar-refractivity contribution in [3.8, 4) is 0 Å². The predicted octanol–water partition coefficient (Wildman–Crippen LogP) is 2.31. The predicted molar refractivity (Wildman–Crippen MR) is 84.1 cm³/mol. The fraction of sp³-hybridized carbons (Fsp3) is 0.588. The van der Waals surface area contributed by atoms with E-state index >= 15 is 0 Å². The van der Waals surface area contributed by atoms with E-state index in [1.807, 2.05) is 31.2 Å². The van der Waals surface area contributed by atoms with Gasteiger partial charge in [0.25, 0.3) is 0 Å². The van der Waals surface area contributed by atoms with E-state index in [1.165, 1.54) is 7.11 Å². The summed E-state index contributed by atoms with van der Waals surface area (Å²) in [7, 11) is 1.41. The maximum Gasteiger partial charge on any atom is 0.317 e. The van der Waals surface area contributed by atoms with Gasteiger partial charge in [-0.05, 0) is 30.9 Å². The van der Waals surface area contributed by atoms with Crippen LogP contribution in [-0.4, -0.2) is 31.3 Å². The van der Waals surface area contributed by atoms with Crippen LogP contribution in [0.2, 0.25) is 0 Å². The molecular weight excluding hydrogens is 266 g/mol. The van der Waals surface area contributed by atoms with Crippen molar-refractivity contribution in [2.24, 2.45) is 5.73 Å². The molecule has 0 spiro atoms. The van der Waals surface area contributed by atoms with E-state index in [-0.39, 0.29) is 19.1 Å². The third-order valence-corrected chi connectivity index (χ3v) is 4.10. The van der Waals surface area contributed by atoms with Crippen molar-refractivity contribution in [1.29, 1.82) is 0 Å². The molecule has 4 heteroatoms. The average molecular weight is 293 g/mol. The normalized spacial score (nSPS) is 13.7. The number of hydrogen-bond acceptors (Lipinski definition) is 4. The lowest BCUT2D eigenvalue weighted by molar-refractivity contribution is -0.147. The molecule has 4 nitrogen and oxygen atoms in total. The van der Waals surface area contributed by atoms with E-state index in [4.69, 9.17) is 15.6 Å². The van der Waals surface area contributed by atoms with Crippen LogP contribution in [0.15, 0.2) is 24.3 Å². The fourth-order valence-corrected chi connectivity index (χ4v) is 2.84. The first-order valence-electron chi connectivity index (χ1n) is 7.58. The highest BCUT2D eigenvalue weighted by molar-refractivity contribution is 5.84. The van der Waals surface area contributed by atoms with E-state index in [0.717, 1.165) is 36.8 Å². The van der Waals surface area contributed by atoms with Crippen LogP contribution in [0.1, 0.15) is 43.2 Å². The van der Waals surface area contributed by atoms with E-state index in [9.17, 15) is 4.79 Å². The summed E-state index contributed by atoms with van der Waals surface area (Å²) in [6, 6.07) is 7.85. The Balaban J connectivity index is 2.95. The lowest BCUT2D eigenvalue weighted by Gasteiger charge is -2.31. The van der Waals surface area contributed by atoms with E-state index in [0.29, 0.717) is 6.42 Å². The van der Waals surface area contributed by atoms with Gasteiger partial charge in [-0.25, -0.2) is 0 Å². The summed E-state index contributed by atoms with van der Waals surface area (Å²) < 4.78 is 5.04. The van der Waals surface area contributed by atoms with Gasteiger partial charge in [-0.3, -0.25) is 4.79 Å². The molecule has 0 heterocycles. The van der Waals surface area contributed by atoms with E-state index in [2.05, 4.69) is 0 Å². The number of hydrogen-bond donors (Lipinski definition) is 2. The third-order valence-electron chi connectivity index (χ3n) is 4.10. The molecule has 0 radical (unpaired) electrons. The fourth-order valence-electron chi connectivity index (χ4n) is 2.84. The number of unbranched alkanes of at least 4 members (excludes halogenated alkanes) is 3. The van der Waals surface area contributed by atoms with Crippen LogP contribution in [0, 0.1) is 6.92 Å². The van der Waals surface area contributed by atoms with Crippen molar-refractivity contribution in [3.05, 3.63) is 35.4 Å². The van der Waals surface area contributed by atoms with Crippen molar-refractivity contribution >= 4 is 5.97 Å². The molecule has 0 saturated heterocycles. The molecule has 3 N–H and O–H groups in total. The molecule has 1 unspecified atom stereocenters. The first kappa shape index (κ1) is 17.7.